The van der Waals surface area contributed by atoms with E-state index in [1.165, 1.54) is 11.1 Å². The Hall–Kier alpha value is -2.29. The molecule has 1 fully saturated rings. The first kappa shape index (κ1) is 13.7. The molecule has 0 radical (unpaired) electrons. The summed E-state index contributed by atoms with van der Waals surface area (Å²) in [6, 6.07) is 18.5. The Balaban J connectivity index is 1.55. The van der Waals surface area contributed by atoms with Crippen LogP contribution in [0.3, 0.4) is 0 Å². The number of nitrogens with zero attached hydrogens (tertiary/aromatic N) is 1. The molecule has 0 unspecified atom stereocenters. The van der Waals surface area contributed by atoms with Crippen LogP contribution >= 0.6 is 0 Å². The molecule has 21 heavy (non-hydrogen) atoms. The topological polar surface area (TPSA) is 29.5 Å². The molecular weight excluding hydrogens is 262 g/mol. The van der Waals surface area contributed by atoms with E-state index in [0.29, 0.717) is 13.2 Å². The number of amides is 1. The lowest BCUT2D eigenvalue weighted by atomic mass is 10.1. The Kier molecular flexibility index (Phi) is 4.20. The summed E-state index contributed by atoms with van der Waals surface area (Å²) in [6.07, 6.45) is 2.52. The lowest BCUT2D eigenvalue weighted by molar-refractivity contribution is -0.130. The summed E-state index contributed by atoms with van der Waals surface area (Å²) in [5.74, 6) is 1.00. The van der Waals surface area contributed by atoms with Crippen LogP contribution in [0.1, 0.15) is 24.0 Å². The van der Waals surface area contributed by atoms with E-state index in [0.717, 1.165) is 25.1 Å². The fraction of sp³-hybridized carbons (Fsp3) is 0.278. The highest BCUT2D eigenvalue weighted by Crippen LogP contribution is 2.17. The van der Waals surface area contributed by atoms with Crippen molar-refractivity contribution in [3.63, 3.8) is 0 Å². The highest BCUT2D eigenvalue weighted by atomic mass is 16.5. The van der Waals surface area contributed by atoms with Crippen LogP contribution in [0.4, 0.5) is 0 Å². The van der Waals surface area contributed by atoms with Gasteiger partial charge in [0, 0.05) is 13.0 Å². The number of benzene rings is 2. The SMILES string of the molecule is O=C1CCCN1COc1ccc(Cc2ccccc2)cc1. The molecule has 0 aliphatic carbocycles. The number of carbonyl (C=O) groups excluding carboxylic acids is 1. The van der Waals surface area contributed by atoms with Crippen molar-refractivity contribution in [3.8, 4) is 5.75 Å². The van der Waals surface area contributed by atoms with Gasteiger partial charge in [0.25, 0.3) is 0 Å². The zero-order valence-electron chi connectivity index (χ0n) is 12.0. The number of carbonyl (C=O) groups is 1. The number of hydrogen-bond donors (Lipinski definition) is 0. The molecule has 2 aromatic carbocycles. The summed E-state index contributed by atoms with van der Waals surface area (Å²) in [6.45, 7) is 1.17. The predicted octanol–water partition coefficient (Wildman–Crippen LogP) is 3.24. The molecule has 1 heterocycles. The first-order valence-electron chi connectivity index (χ1n) is 7.35. The van der Waals surface area contributed by atoms with Gasteiger partial charge in [-0.25, -0.2) is 0 Å². The van der Waals surface area contributed by atoms with Crippen LogP contribution in [-0.2, 0) is 11.2 Å². The molecule has 0 saturated carbocycles. The maximum Gasteiger partial charge on any atom is 0.225 e. The first-order valence-corrected chi connectivity index (χ1v) is 7.35. The zero-order chi connectivity index (χ0) is 14.5. The van der Waals surface area contributed by atoms with E-state index >= 15 is 0 Å². The van der Waals surface area contributed by atoms with Crippen molar-refractivity contribution in [1.82, 2.24) is 4.90 Å². The van der Waals surface area contributed by atoms with Crippen molar-refractivity contribution >= 4 is 5.91 Å². The van der Waals surface area contributed by atoms with Gasteiger partial charge in [-0.1, -0.05) is 42.5 Å². The second-order valence-electron chi connectivity index (χ2n) is 5.34. The second kappa shape index (κ2) is 6.44. The van der Waals surface area contributed by atoms with Crippen LogP contribution in [0.15, 0.2) is 54.6 Å². The fourth-order valence-electron chi connectivity index (χ4n) is 2.53. The molecule has 0 atom stereocenters. The Bertz CT molecular complexity index is 592. The van der Waals surface area contributed by atoms with E-state index < -0.39 is 0 Å². The monoisotopic (exact) mass is 281 g/mol. The standard InChI is InChI=1S/C18H19NO2/c20-18-7-4-12-19(18)14-21-17-10-8-16(9-11-17)13-15-5-2-1-3-6-15/h1-3,5-6,8-11H,4,7,12-14H2. The van der Waals surface area contributed by atoms with Crippen molar-refractivity contribution in [3.05, 3.63) is 65.7 Å². The van der Waals surface area contributed by atoms with E-state index in [-0.39, 0.29) is 5.91 Å². The minimum Gasteiger partial charge on any atom is -0.473 e. The van der Waals surface area contributed by atoms with Crippen molar-refractivity contribution in [1.29, 1.82) is 0 Å². The second-order valence-corrected chi connectivity index (χ2v) is 5.34. The smallest absolute Gasteiger partial charge is 0.225 e. The molecule has 0 spiro atoms. The summed E-state index contributed by atoms with van der Waals surface area (Å²) in [5.41, 5.74) is 2.56. The van der Waals surface area contributed by atoms with Crippen LogP contribution in [0.5, 0.6) is 5.75 Å². The van der Waals surface area contributed by atoms with Crippen LogP contribution in [0.25, 0.3) is 0 Å². The molecule has 2 aromatic rings. The van der Waals surface area contributed by atoms with Crippen LogP contribution in [-0.4, -0.2) is 24.1 Å². The van der Waals surface area contributed by atoms with Gasteiger partial charge >= 0.3 is 0 Å². The lowest BCUT2D eigenvalue weighted by Gasteiger charge is -2.16. The van der Waals surface area contributed by atoms with Gasteiger partial charge in [0.15, 0.2) is 6.73 Å². The Morgan fingerprint density at radius 3 is 2.33 bits per heavy atom. The van der Waals surface area contributed by atoms with Gasteiger partial charge in [-0.3, -0.25) is 4.79 Å². The van der Waals surface area contributed by atoms with E-state index in [1.807, 2.05) is 18.2 Å². The summed E-state index contributed by atoms with van der Waals surface area (Å²) in [7, 11) is 0. The Morgan fingerprint density at radius 2 is 1.67 bits per heavy atom. The van der Waals surface area contributed by atoms with Crippen molar-refractivity contribution in [2.45, 2.75) is 19.3 Å². The van der Waals surface area contributed by atoms with Gasteiger partial charge in [0.2, 0.25) is 5.91 Å². The number of hydrogen-bond acceptors (Lipinski definition) is 2. The molecular formula is C18H19NO2. The third-order valence-corrected chi connectivity index (χ3v) is 3.73. The minimum atomic E-state index is 0.190. The molecule has 0 aromatic heterocycles. The van der Waals surface area contributed by atoms with Gasteiger partial charge in [0.1, 0.15) is 5.75 Å². The van der Waals surface area contributed by atoms with Gasteiger partial charge in [-0.2, -0.15) is 0 Å². The average molecular weight is 281 g/mol. The maximum absolute atomic E-state index is 11.5. The molecule has 0 N–H and O–H groups in total. The van der Waals surface area contributed by atoms with Crippen LogP contribution in [0.2, 0.25) is 0 Å². The van der Waals surface area contributed by atoms with E-state index in [4.69, 9.17) is 4.74 Å². The van der Waals surface area contributed by atoms with Gasteiger partial charge in [0.05, 0.1) is 0 Å². The molecule has 1 aliphatic heterocycles. The summed E-state index contributed by atoms with van der Waals surface area (Å²) in [4.78, 5) is 13.3. The van der Waals surface area contributed by atoms with Gasteiger partial charge in [-0.05, 0) is 36.1 Å². The fourth-order valence-corrected chi connectivity index (χ4v) is 2.53. The molecule has 1 amide bonds. The van der Waals surface area contributed by atoms with Crippen molar-refractivity contribution in [2.24, 2.45) is 0 Å². The average Bonchev–Trinajstić information content (AvgIpc) is 2.93. The quantitative estimate of drug-likeness (QED) is 0.842. The highest BCUT2D eigenvalue weighted by Gasteiger charge is 2.19. The normalized spacial score (nSPS) is 14.5. The van der Waals surface area contributed by atoms with Gasteiger partial charge < -0.3 is 9.64 Å². The Labute approximate surface area is 125 Å². The molecule has 1 aliphatic rings. The lowest BCUT2D eigenvalue weighted by Crippen LogP contribution is -2.28. The molecule has 3 heteroatoms. The van der Waals surface area contributed by atoms with Crippen LogP contribution in [0, 0.1) is 0 Å². The molecule has 3 nitrogen and oxygen atoms in total. The zero-order valence-corrected chi connectivity index (χ0v) is 12.0. The van der Waals surface area contributed by atoms with E-state index in [9.17, 15) is 4.79 Å². The third kappa shape index (κ3) is 3.63. The number of likely N-dealkylation sites (tertiary alicyclic amines) is 1. The Morgan fingerprint density at radius 1 is 0.952 bits per heavy atom. The number of ether oxygens (including phenoxy) is 1. The molecule has 1 saturated heterocycles. The molecule has 3 rings (SSSR count). The molecule has 108 valence electrons. The van der Waals surface area contributed by atoms with Crippen molar-refractivity contribution in [2.75, 3.05) is 13.3 Å². The summed E-state index contributed by atoms with van der Waals surface area (Å²) in [5, 5.41) is 0. The summed E-state index contributed by atoms with van der Waals surface area (Å²) < 4.78 is 5.67. The largest absolute Gasteiger partial charge is 0.473 e. The highest BCUT2D eigenvalue weighted by molar-refractivity contribution is 5.77. The minimum absolute atomic E-state index is 0.190. The van der Waals surface area contributed by atoms with Gasteiger partial charge in [-0.15, -0.1) is 0 Å². The number of rotatable bonds is 5. The van der Waals surface area contributed by atoms with Crippen molar-refractivity contribution < 1.29 is 9.53 Å². The summed E-state index contributed by atoms with van der Waals surface area (Å²) >= 11 is 0. The predicted molar refractivity (Wildman–Crippen MR) is 82.1 cm³/mol. The van der Waals surface area contributed by atoms with E-state index in [1.54, 1.807) is 4.90 Å². The third-order valence-electron chi connectivity index (χ3n) is 3.73. The van der Waals surface area contributed by atoms with Crippen LogP contribution < -0.4 is 4.74 Å². The first-order chi connectivity index (χ1) is 10.3. The van der Waals surface area contributed by atoms with E-state index in [2.05, 4.69) is 36.4 Å². The maximum atomic E-state index is 11.5. The molecule has 0 bridgehead atoms.